The predicted octanol–water partition coefficient (Wildman–Crippen LogP) is 3.28. The summed E-state index contributed by atoms with van der Waals surface area (Å²) in [6.45, 7) is 0.748. The number of hydrogen-bond donors (Lipinski definition) is 2. The summed E-state index contributed by atoms with van der Waals surface area (Å²) in [5, 5.41) is 13.2. The van der Waals surface area contributed by atoms with Crippen LogP contribution in [0.1, 0.15) is 76.1 Å². The quantitative estimate of drug-likeness (QED) is 0.336. The monoisotopic (exact) mass is 364 g/mol. The van der Waals surface area contributed by atoms with Gasteiger partial charge in [0.15, 0.2) is 11.1 Å². The van der Waals surface area contributed by atoms with E-state index in [0.29, 0.717) is 18.0 Å². The molecule has 3 N–H and O–H groups in total. The van der Waals surface area contributed by atoms with E-state index in [2.05, 4.69) is 31.3 Å². The second kappa shape index (κ2) is 9.46. The fraction of sp³-hybridized carbons (Fsp3) is 0.833. The molecule has 25 heavy (non-hydrogen) atoms. The number of nitrogens with zero attached hydrogens (tertiary/aromatic N) is 4. The van der Waals surface area contributed by atoms with Crippen molar-refractivity contribution in [2.45, 2.75) is 87.9 Å². The van der Waals surface area contributed by atoms with E-state index in [9.17, 15) is 0 Å². The Kier molecular flexibility index (Phi) is 7.02. The van der Waals surface area contributed by atoms with Gasteiger partial charge < -0.3 is 15.6 Å². The molecule has 3 rings (SSSR count). The van der Waals surface area contributed by atoms with Crippen LogP contribution in [0.25, 0.3) is 0 Å². The predicted molar refractivity (Wildman–Crippen MR) is 104 cm³/mol. The highest BCUT2D eigenvalue weighted by Crippen LogP contribution is 2.33. The lowest BCUT2D eigenvalue weighted by Gasteiger charge is -2.23. The Balaban J connectivity index is 1.48. The third-order valence-electron chi connectivity index (χ3n) is 5.41. The van der Waals surface area contributed by atoms with Gasteiger partial charge >= 0.3 is 0 Å². The maximum Gasteiger partial charge on any atom is 0.191 e. The average molecular weight is 365 g/mol. The van der Waals surface area contributed by atoms with Crippen LogP contribution in [0.3, 0.4) is 0 Å². The molecule has 1 heterocycles. The first-order valence-corrected chi connectivity index (χ1v) is 11.0. The smallest absolute Gasteiger partial charge is 0.191 e. The SMILES string of the molecule is CSc1nnc(CCCN=C(N)NC2CCCCC2)n1C1CCCC1. The first-order chi connectivity index (χ1) is 12.3. The first kappa shape index (κ1) is 18.5. The molecule has 2 aliphatic rings. The van der Waals surface area contributed by atoms with Gasteiger partial charge in [0.25, 0.3) is 0 Å². The molecule has 0 radical (unpaired) electrons. The fourth-order valence-corrected chi connectivity index (χ4v) is 4.66. The minimum Gasteiger partial charge on any atom is -0.370 e. The summed E-state index contributed by atoms with van der Waals surface area (Å²) in [4.78, 5) is 4.51. The normalized spacial score (nSPS) is 20.3. The molecular weight excluding hydrogens is 332 g/mol. The Bertz CT molecular complexity index is 558. The molecule has 0 aromatic carbocycles. The third kappa shape index (κ3) is 5.12. The Labute approximate surface area is 155 Å². The van der Waals surface area contributed by atoms with Gasteiger partial charge in [0.1, 0.15) is 5.82 Å². The van der Waals surface area contributed by atoms with Crippen LogP contribution >= 0.6 is 11.8 Å². The molecule has 1 aromatic heterocycles. The van der Waals surface area contributed by atoms with Crippen molar-refractivity contribution in [3.8, 4) is 0 Å². The van der Waals surface area contributed by atoms with Gasteiger partial charge in [-0.2, -0.15) is 0 Å². The molecule has 140 valence electrons. The van der Waals surface area contributed by atoms with Gasteiger partial charge in [0.05, 0.1) is 0 Å². The lowest BCUT2D eigenvalue weighted by Crippen LogP contribution is -2.41. The molecule has 2 saturated carbocycles. The van der Waals surface area contributed by atoms with Gasteiger partial charge in [-0.05, 0) is 38.4 Å². The molecule has 1 aromatic rings. The Morgan fingerprint density at radius 3 is 2.60 bits per heavy atom. The molecule has 6 nitrogen and oxygen atoms in total. The molecule has 0 spiro atoms. The van der Waals surface area contributed by atoms with Crippen molar-refractivity contribution >= 4 is 17.7 Å². The number of rotatable bonds is 7. The van der Waals surface area contributed by atoms with Gasteiger partial charge in [0.2, 0.25) is 0 Å². The Morgan fingerprint density at radius 1 is 1.16 bits per heavy atom. The van der Waals surface area contributed by atoms with Crippen LogP contribution in [0.15, 0.2) is 10.1 Å². The van der Waals surface area contributed by atoms with E-state index >= 15 is 0 Å². The van der Waals surface area contributed by atoms with Crippen molar-refractivity contribution in [3.63, 3.8) is 0 Å². The summed E-state index contributed by atoms with van der Waals surface area (Å²) in [5.74, 6) is 1.72. The second-order valence-corrected chi connectivity index (χ2v) is 8.03. The first-order valence-electron chi connectivity index (χ1n) is 9.82. The van der Waals surface area contributed by atoms with Crippen molar-refractivity contribution in [2.75, 3.05) is 12.8 Å². The number of hydrogen-bond acceptors (Lipinski definition) is 4. The van der Waals surface area contributed by atoms with Crippen LogP contribution in [-0.4, -0.2) is 39.6 Å². The van der Waals surface area contributed by atoms with Gasteiger partial charge in [0, 0.05) is 25.0 Å². The number of nitrogens with two attached hydrogens (primary N) is 1. The summed E-state index contributed by atoms with van der Waals surface area (Å²) in [5.41, 5.74) is 6.04. The van der Waals surface area contributed by atoms with Crippen molar-refractivity contribution in [1.82, 2.24) is 20.1 Å². The van der Waals surface area contributed by atoms with Gasteiger partial charge in [-0.25, -0.2) is 0 Å². The lowest BCUT2D eigenvalue weighted by molar-refractivity contribution is 0.412. The van der Waals surface area contributed by atoms with Crippen LogP contribution in [0, 0.1) is 0 Å². The number of aliphatic imine (C=N–C) groups is 1. The van der Waals surface area contributed by atoms with Gasteiger partial charge in [-0.3, -0.25) is 4.99 Å². The summed E-state index contributed by atoms with van der Waals surface area (Å²) in [6.07, 6.45) is 15.5. The van der Waals surface area contributed by atoms with E-state index in [1.807, 2.05) is 0 Å². The zero-order chi connectivity index (χ0) is 17.5. The molecular formula is C18H32N6S. The maximum atomic E-state index is 6.04. The van der Waals surface area contributed by atoms with E-state index in [1.54, 1.807) is 11.8 Å². The van der Waals surface area contributed by atoms with E-state index < -0.39 is 0 Å². The van der Waals surface area contributed by atoms with Crippen molar-refractivity contribution in [2.24, 2.45) is 10.7 Å². The highest BCUT2D eigenvalue weighted by molar-refractivity contribution is 7.98. The molecule has 0 atom stereocenters. The second-order valence-electron chi connectivity index (χ2n) is 7.26. The number of thioether (sulfide) groups is 1. The lowest BCUT2D eigenvalue weighted by atomic mass is 9.96. The molecule has 0 unspecified atom stereocenters. The minimum atomic E-state index is 0.520. The summed E-state index contributed by atoms with van der Waals surface area (Å²) < 4.78 is 2.38. The summed E-state index contributed by atoms with van der Waals surface area (Å²) >= 11 is 1.70. The molecule has 2 fully saturated rings. The van der Waals surface area contributed by atoms with E-state index in [4.69, 9.17) is 5.73 Å². The fourth-order valence-electron chi connectivity index (χ4n) is 4.08. The van der Waals surface area contributed by atoms with Crippen LogP contribution in [0.2, 0.25) is 0 Å². The van der Waals surface area contributed by atoms with Crippen molar-refractivity contribution < 1.29 is 0 Å². The third-order valence-corrected chi connectivity index (χ3v) is 6.05. The van der Waals surface area contributed by atoms with Gasteiger partial charge in [-0.1, -0.05) is 43.9 Å². The van der Waals surface area contributed by atoms with Crippen molar-refractivity contribution in [1.29, 1.82) is 0 Å². The van der Waals surface area contributed by atoms with Crippen LogP contribution in [-0.2, 0) is 6.42 Å². The molecule has 0 saturated heterocycles. The Morgan fingerprint density at radius 2 is 1.88 bits per heavy atom. The molecule has 0 bridgehead atoms. The zero-order valence-electron chi connectivity index (χ0n) is 15.4. The van der Waals surface area contributed by atoms with Crippen molar-refractivity contribution in [3.05, 3.63) is 5.82 Å². The highest BCUT2D eigenvalue weighted by atomic mass is 32.2. The molecule has 2 aliphatic carbocycles. The molecule has 7 heteroatoms. The zero-order valence-corrected chi connectivity index (χ0v) is 16.2. The number of aryl methyl sites for hydroxylation is 1. The standard InChI is InChI=1S/C18H32N6S/c1-25-18-23-22-16(24(18)15-10-5-6-11-15)12-7-13-20-17(19)21-14-8-3-2-4-9-14/h14-15H,2-13H2,1H3,(H3,19,20,21). The number of nitrogens with one attached hydrogen (secondary N) is 1. The van der Waals surface area contributed by atoms with E-state index in [1.165, 1.54) is 57.8 Å². The summed E-state index contributed by atoms with van der Waals surface area (Å²) in [7, 11) is 0. The maximum absolute atomic E-state index is 6.04. The Hall–Kier alpha value is -1.24. The van der Waals surface area contributed by atoms with E-state index in [-0.39, 0.29) is 0 Å². The van der Waals surface area contributed by atoms with Crippen LogP contribution < -0.4 is 11.1 Å². The highest BCUT2D eigenvalue weighted by Gasteiger charge is 2.23. The number of aromatic nitrogens is 3. The molecule has 0 aliphatic heterocycles. The minimum absolute atomic E-state index is 0.520. The molecule has 0 amide bonds. The summed E-state index contributed by atoms with van der Waals surface area (Å²) in [6, 6.07) is 1.11. The topological polar surface area (TPSA) is 81.1 Å². The largest absolute Gasteiger partial charge is 0.370 e. The van der Waals surface area contributed by atoms with Crippen LogP contribution in [0.4, 0.5) is 0 Å². The van der Waals surface area contributed by atoms with E-state index in [0.717, 1.165) is 30.4 Å². The number of guanidine groups is 1. The van der Waals surface area contributed by atoms with Crippen LogP contribution in [0.5, 0.6) is 0 Å². The average Bonchev–Trinajstić information content (AvgIpc) is 3.28. The van der Waals surface area contributed by atoms with Gasteiger partial charge in [-0.15, -0.1) is 10.2 Å².